The van der Waals surface area contributed by atoms with E-state index in [1.54, 1.807) is 0 Å². The largest absolute Gasteiger partial charge is 0.464 e. The van der Waals surface area contributed by atoms with Crippen LogP contribution in [0.5, 0.6) is 0 Å². The van der Waals surface area contributed by atoms with Crippen molar-refractivity contribution in [2.24, 2.45) is 11.7 Å². The van der Waals surface area contributed by atoms with Crippen LogP contribution >= 0.6 is 0 Å². The average molecular weight is 332 g/mol. The number of carboxylic acid groups (broad SMARTS) is 1. The number of rotatable bonds is 4. The van der Waals surface area contributed by atoms with Crippen molar-refractivity contribution in [2.75, 3.05) is 0 Å². The third-order valence-corrected chi connectivity index (χ3v) is 2.77. The van der Waals surface area contributed by atoms with Crippen molar-refractivity contribution < 1.29 is 19.4 Å². The Bertz CT molecular complexity index is 620. The van der Waals surface area contributed by atoms with Gasteiger partial charge in [-0.1, -0.05) is 60.7 Å². The molecule has 0 unspecified atom stereocenters. The first-order valence-corrected chi connectivity index (χ1v) is 6.99. The molecule has 24 heavy (non-hydrogen) atoms. The molecule has 0 bridgehead atoms. The van der Waals surface area contributed by atoms with Crippen LogP contribution in [0.4, 0.5) is 9.59 Å². The van der Waals surface area contributed by atoms with Gasteiger partial charge in [-0.05, 0) is 11.1 Å². The molecule has 0 atom stereocenters. The van der Waals surface area contributed by atoms with Gasteiger partial charge in [-0.15, -0.1) is 0 Å². The summed E-state index contributed by atoms with van der Waals surface area (Å²) in [6, 6.07) is 18.6. The van der Waals surface area contributed by atoms with Crippen LogP contribution in [-0.2, 0) is 17.9 Å². The zero-order valence-corrected chi connectivity index (χ0v) is 13.0. The number of carbonyl (C=O) groups excluding carboxylic acids is 1. The Labute approximate surface area is 139 Å². The maximum absolute atomic E-state index is 10.5. The van der Waals surface area contributed by atoms with Gasteiger partial charge in [0, 0.05) is 0 Å². The van der Waals surface area contributed by atoms with Gasteiger partial charge in [0.1, 0.15) is 6.61 Å². The number of carbonyl (C=O) groups is 2. The number of nitrogens with zero attached hydrogens (tertiary/aromatic N) is 1. The van der Waals surface area contributed by atoms with E-state index >= 15 is 0 Å². The molecule has 0 heterocycles. The second-order valence-electron chi connectivity index (χ2n) is 4.60. The molecule has 8 nitrogen and oxygen atoms in total. The minimum absolute atomic E-state index is 0.218. The first kappa shape index (κ1) is 18.9. The molecule has 8 heteroatoms. The average Bonchev–Trinajstić information content (AvgIpc) is 2.62. The van der Waals surface area contributed by atoms with Crippen molar-refractivity contribution >= 4 is 12.2 Å². The van der Waals surface area contributed by atoms with Gasteiger partial charge in [0.2, 0.25) is 0 Å². The Kier molecular flexibility index (Phi) is 8.37. The summed E-state index contributed by atoms with van der Waals surface area (Å²) in [5, 5.41) is 9.19. The molecule has 0 aromatic heterocycles. The summed E-state index contributed by atoms with van der Waals surface area (Å²) in [7, 11) is 0. The smallest absolute Gasteiger partial charge is 0.421 e. The van der Waals surface area contributed by atoms with Crippen LogP contribution in [0.2, 0.25) is 0 Å². The second kappa shape index (κ2) is 10.6. The molecular formula is C16H20N4O4. The van der Waals surface area contributed by atoms with Gasteiger partial charge >= 0.3 is 12.2 Å². The van der Waals surface area contributed by atoms with Gasteiger partial charge in [0.25, 0.3) is 0 Å². The summed E-state index contributed by atoms with van der Waals surface area (Å²) >= 11 is 0. The number of hydrogen-bond acceptors (Lipinski definition) is 5. The molecule has 2 amide bonds. The quantitative estimate of drug-likeness (QED) is 0.384. The summed E-state index contributed by atoms with van der Waals surface area (Å²) in [6.07, 6.45) is -1.75. The van der Waals surface area contributed by atoms with Gasteiger partial charge in [0.05, 0.1) is 6.54 Å². The summed E-state index contributed by atoms with van der Waals surface area (Å²) in [5.41, 5.74) is 3.68. The lowest BCUT2D eigenvalue weighted by molar-refractivity contribution is 0.139. The third-order valence-electron chi connectivity index (χ3n) is 2.77. The normalized spacial score (nSPS) is 9.25. The van der Waals surface area contributed by atoms with Crippen molar-refractivity contribution in [3.63, 3.8) is 0 Å². The van der Waals surface area contributed by atoms with E-state index in [2.05, 4.69) is 0 Å². The molecular weight excluding hydrogens is 312 g/mol. The lowest BCUT2D eigenvalue weighted by atomic mass is 10.2. The molecule has 0 fully saturated rings. The minimum atomic E-state index is -1.13. The van der Waals surface area contributed by atoms with Crippen LogP contribution in [0.25, 0.3) is 0 Å². The highest BCUT2D eigenvalue weighted by molar-refractivity contribution is 5.66. The van der Waals surface area contributed by atoms with Crippen LogP contribution in [-0.4, -0.2) is 22.3 Å². The molecule has 0 aliphatic heterocycles. The van der Waals surface area contributed by atoms with E-state index in [0.29, 0.717) is 0 Å². The summed E-state index contributed by atoms with van der Waals surface area (Å²) < 4.78 is 4.70. The number of hydrazine groups is 2. The molecule has 128 valence electrons. The number of nitrogens with one attached hydrogen (secondary N) is 1. The van der Waals surface area contributed by atoms with Crippen molar-refractivity contribution in [2.45, 2.75) is 13.2 Å². The van der Waals surface area contributed by atoms with E-state index in [-0.39, 0.29) is 13.2 Å². The zero-order valence-electron chi connectivity index (χ0n) is 13.0. The fourth-order valence-electron chi connectivity index (χ4n) is 1.61. The van der Waals surface area contributed by atoms with Crippen molar-refractivity contribution in [3.05, 3.63) is 71.8 Å². The number of nitrogens with two attached hydrogens (primary N) is 2. The van der Waals surface area contributed by atoms with E-state index in [1.807, 2.05) is 66.1 Å². The molecule has 0 radical (unpaired) electrons. The molecule has 2 aromatic carbocycles. The maximum Gasteiger partial charge on any atom is 0.421 e. The number of hydrogen-bond donors (Lipinski definition) is 4. The minimum Gasteiger partial charge on any atom is -0.464 e. The Morgan fingerprint density at radius 3 is 1.96 bits per heavy atom. The molecule has 0 saturated heterocycles. The van der Waals surface area contributed by atoms with Crippen LogP contribution in [0.1, 0.15) is 11.1 Å². The first-order valence-electron chi connectivity index (χ1n) is 6.99. The molecule has 2 rings (SSSR count). The van der Waals surface area contributed by atoms with E-state index in [0.717, 1.165) is 16.1 Å². The fourth-order valence-corrected chi connectivity index (χ4v) is 1.61. The number of amides is 2. The van der Waals surface area contributed by atoms with Crippen molar-refractivity contribution in [1.29, 1.82) is 0 Å². The van der Waals surface area contributed by atoms with Crippen LogP contribution < -0.4 is 17.1 Å². The van der Waals surface area contributed by atoms with Gasteiger partial charge in [-0.25, -0.2) is 26.3 Å². The molecule has 0 aliphatic carbocycles. The van der Waals surface area contributed by atoms with E-state index < -0.39 is 12.2 Å². The molecule has 6 N–H and O–H groups in total. The van der Waals surface area contributed by atoms with E-state index in [1.165, 1.54) is 0 Å². The maximum atomic E-state index is 10.5. The number of ether oxygens (including phenoxy) is 1. The van der Waals surface area contributed by atoms with Gasteiger partial charge in [-0.3, -0.25) is 5.43 Å². The highest BCUT2D eigenvalue weighted by Gasteiger charge is 2.05. The monoisotopic (exact) mass is 332 g/mol. The first-order chi connectivity index (χ1) is 11.5. The highest BCUT2D eigenvalue weighted by atomic mass is 16.5. The SMILES string of the molecule is NN(Cc1ccccc1)C(=O)O.NNC(=O)OCc1ccccc1. The fraction of sp³-hybridized carbons (Fsp3) is 0.125. The van der Waals surface area contributed by atoms with Gasteiger partial charge < -0.3 is 9.84 Å². The summed E-state index contributed by atoms with van der Waals surface area (Å²) in [5.74, 6) is 9.99. The summed E-state index contributed by atoms with van der Waals surface area (Å²) in [6.45, 7) is 0.458. The predicted octanol–water partition coefficient (Wildman–Crippen LogP) is 1.83. The number of benzene rings is 2. The predicted molar refractivity (Wildman–Crippen MR) is 88.1 cm³/mol. The van der Waals surface area contributed by atoms with Crippen LogP contribution in [0.15, 0.2) is 60.7 Å². The molecule has 0 aliphatic rings. The Morgan fingerprint density at radius 1 is 1.00 bits per heavy atom. The topological polar surface area (TPSA) is 131 Å². The summed E-state index contributed by atoms with van der Waals surface area (Å²) in [4.78, 5) is 20.8. The third kappa shape index (κ3) is 7.78. The molecule has 2 aromatic rings. The standard InChI is InChI=1S/2C8H10N2O2/c9-10-8(11)12-6-7-4-2-1-3-5-7;9-10(8(11)12)6-7-4-2-1-3-5-7/h1-5H,6,9H2,(H,10,11);1-5H,6,9H2,(H,11,12). The highest BCUT2D eigenvalue weighted by Crippen LogP contribution is 2.01. The lowest BCUT2D eigenvalue weighted by Gasteiger charge is -2.11. The van der Waals surface area contributed by atoms with Crippen LogP contribution in [0, 0.1) is 0 Å². The second-order valence-corrected chi connectivity index (χ2v) is 4.60. The lowest BCUT2D eigenvalue weighted by Crippen LogP contribution is -2.35. The Morgan fingerprint density at radius 2 is 1.50 bits per heavy atom. The van der Waals surface area contributed by atoms with Crippen LogP contribution in [0.3, 0.4) is 0 Å². The molecule has 0 spiro atoms. The molecule has 0 saturated carbocycles. The van der Waals surface area contributed by atoms with E-state index in [9.17, 15) is 9.59 Å². The van der Waals surface area contributed by atoms with Crippen molar-refractivity contribution in [1.82, 2.24) is 10.4 Å². The Hall–Kier alpha value is -3.10. The van der Waals surface area contributed by atoms with Gasteiger partial charge in [0.15, 0.2) is 0 Å². The van der Waals surface area contributed by atoms with E-state index in [4.69, 9.17) is 21.5 Å². The Balaban J connectivity index is 0.000000240. The van der Waals surface area contributed by atoms with Crippen molar-refractivity contribution in [3.8, 4) is 0 Å². The zero-order chi connectivity index (χ0) is 17.8. The van der Waals surface area contributed by atoms with Gasteiger partial charge in [-0.2, -0.15) is 0 Å².